The molecule has 2 amide bonds. The van der Waals surface area contributed by atoms with Gasteiger partial charge in [0.2, 0.25) is 5.91 Å². The zero-order valence-corrected chi connectivity index (χ0v) is 20.4. The summed E-state index contributed by atoms with van der Waals surface area (Å²) in [6.07, 6.45) is 4.89. The second-order valence-electron chi connectivity index (χ2n) is 9.22. The van der Waals surface area contributed by atoms with Crippen LogP contribution < -0.4 is 4.90 Å². The SMILES string of the molecule is O=C(C(=O)N1CCN(c2cccc(Cl)c2)CC1)c1cn(CC(=O)N2CCCCC2)c2ccccc12. The fourth-order valence-electron chi connectivity index (χ4n) is 5.05. The molecular weight excluding hydrogens is 464 g/mol. The number of benzene rings is 2. The molecule has 2 saturated heterocycles. The summed E-state index contributed by atoms with van der Waals surface area (Å²) in [5.74, 6) is -0.976. The summed E-state index contributed by atoms with van der Waals surface area (Å²) in [6, 6.07) is 15.1. The lowest BCUT2D eigenvalue weighted by Gasteiger charge is -2.35. The Morgan fingerprint density at radius 2 is 1.54 bits per heavy atom. The van der Waals surface area contributed by atoms with Crippen LogP contribution in [-0.2, 0) is 16.1 Å². The van der Waals surface area contributed by atoms with E-state index in [0.29, 0.717) is 42.2 Å². The molecule has 0 saturated carbocycles. The standard InChI is InChI=1S/C27H29ClN4O3/c28-20-7-6-8-21(17-20)29-13-15-31(16-14-29)27(35)26(34)23-18-32(24-10-3-2-9-22(23)24)19-25(33)30-11-4-1-5-12-30/h2-3,6-10,17-18H,1,4-5,11-16,19H2. The van der Waals surface area contributed by atoms with E-state index in [9.17, 15) is 14.4 Å². The number of rotatable bonds is 5. The Hall–Kier alpha value is -3.32. The molecule has 2 fully saturated rings. The fraction of sp³-hybridized carbons (Fsp3) is 0.370. The number of ketones is 1. The summed E-state index contributed by atoms with van der Waals surface area (Å²) in [5, 5.41) is 1.38. The van der Waals surface area contributed by atoms with E-state index in [0.717, 1.165) is 43.6 Å². The Kier molecular flexibility index (Phi) is 6.77. The second-order valence-corrected chi connectivity index (χ2v) is 9.65. The van der Waals surface area contributed by atoms with E-state index >= 15 is 0 Å². The number of Topliss-reactive ketones (excluding diaryl/α,β-unsaturated/α-hetero) is 1. The number of hydrogen-bond donors (Lipinski definition) is 0. The summed E-state index contributed by atoms with van der Waals surface area (Å²) in [6.45, 7) is 3.91. The monoisotopic (exact) mass is 492 g/mol. The Morgan fingerprint density at radius 1 is 0.800 bits per heavy atom. The Balaban J connectivity index is 1.30. The Bertz CT molecular complexity index is 1260. The van der Waals surface area contributed by atoms with Crippen molar-refractivity contribution in [1.82, 2.24) is 14.4 Å². The lowest BCUT2D eigenvalue weighted by molar-refractivity contribution is -0.132. The van der Waals surface area contributed by atoms with Crippen molar-refractivity contribution in [2.45, 2.75) is 25.8 Å². The molecule has 0 aliphatic carbocycles. The summed E-state index contributed by atoms with van der Waals surface area (Å²) in [7, 11) is 0. The van der Waals surface area contributed by atoms with Crippen LogP contribution in [0.5, 0.6) is 0 Å². The first kappa shape index (κ1) is 23.4. The van der Waals surface area contributed by atoms with Crippen molar-refractivity contribution in [3.8, 4) is 0 Å². The van der Waals surface area contributed by atoms with Gasteiger partial charge in [0, 0.05) is 67.1 Å². The number of anilines is 1. The third kappa shape index (κ3) is 4.91. The van der Waals surface area contributed by atoms with Gasteiger partial charge in [-0.1, -0.05) is 35.9 Å². The average Bonchev–Trinajstić information content (AvgIpc) is 3.26. The minimum Gasteiger partial charge on any atom is -0.368 e. The molecule has 8 heteroatoms. The van der Waals surface area contributed by atoms with Crippen molar-refractivity contribution in [3.63, 3.8) is 0 Å². The van der Waals surface area contributed by atoms with Gasteiger partial charge >= 0.3 is 0 Å². The van der Waals surface area contributed by atoms with E-state index in [4.69, 9.17) is 11.6 Å². The first-order valence-electron chi connectivity index (χ1n) is 12.2. The molecule has 0 bridgehead atoms. The van der Waals surface area contributed by atoms with Crippen molar-refractivity contribution < 1.29 is 14.4 Å². The molecule has 0 atom stereocenters. The summed E-state index contributed by atoms with van der Waals surface area (Å²) < 4.78 is 1.81. The summed E-state index contributed by atoms with van der Waals surface area (Å²) in [4.78, 5) is 45.0. The first-order chi connectivity index (χ1) is 17.0. The number of aromatic nitrogens is 1. The minimum absolute atomic E-state index is 0.0490. The zero-order chi connectivity index (χ0) is 24.4. The third-order valence-corrected chi connectivity index (χ3v) is 7.22. The number of para-hydroxylation sites is 1. The van der Waals surface area contributed by atoms with Gasteiger partial charge in [-0.15, -0.1) is 0 Å². The number of carbonyl (C=O) groups is 3. The molecule has 182 valence electrons. The van der Waals surface area contributed by atoms with Crippen molar-refractivity contribution in [1.29, 1.82) is 0 Å². The first-order valence-corrected chi connectivity index (χ1v) is 12.6. The molecule has 1 aromatic heterocycles. The number of likely N-dealkylation sites (tertiary alicyclic amines) is 1. The number of nitrogens with zero attached hydrogens (tertiary/aromatic N) is 4. The van der Waals surface area contributed by atoms with Gasteiger partial charge in [-0.3, -0.25) is 14.4 Å². The van der Waals surface area contributed by atoms with E-state index in [1.165, 1.54) is 0 Å². The molecule has 2 aliphatic heterocycles. The summed E-state index contributed by atoms with van der Waals surface area (Å²) in [5.41, 5.74) is 2.16. The highest BCUT2D eigenvalue weighted by molar-refractivity contribution is 6.45. The number of piperazine rings is 1. The van der Waals surface area contributed by atoms with Crippen molar-refractivity contribution in [3.05, 3.63) is 65.3 Å². The summed E-state index contributed by atoms with van der Waals surface area (Å²) >= 11 is 6.12. The Morgan fingerprint density at radius 3 is 2.29 bits per heavy atom. The third-order valence-electron chi connectivity index (χ3n) is 6.98. The molecule has 2 aromatic carbocycles. The lowest BCUT2D eigenvalue weighted by Crippen LogP contribution is -2.50. The van der Waals surface area contributed by atoms with Gasteiger partial charge in [0.1, 0.15) is 6.54 Å². The van der Waals surface area contributed by atoms with Crippen LogP contribution in [0.4, 0.5) is 5.69 Å². The molecular formula is C27H29ClN4O3. The van der Waals surface area contributed by atoms with Crippen LogP contribution in [-0.4, -0.2) is 71.2 Å². The van der Waals surface area contributed by atoms with E-state index < -0.39 is 11.7 Å². The van der Waals surface area contributed by atoms with Crippen LogP contribution >= 0.6 is 11.6 Å². The number of fused-ring (bicyclic) bond motifs is 1. The van der Waals surface area contributed by atoms with Gasteiger partial charge in [-0.2, -0.15) is 0 Å². The average molecular weight is 493 g/mol. The molecule has 7 nitrogen and oxygen atoms in total. The number of amides is 2. The molecule has 0 N–H and O–H groups in total. The van der Waals surface area contributed by atoms with Gasteiger partial charge in [-0.25, -0.2) is 0 Å². The maximum atomic E-state index is 13.3. The Labute approximate surface area is 209 Å². The van der Waals surface area contributed by atoms with Crippen molar-refractivity contribution in [2.24, 2.45) is 0 Å². The molecule has 0 radical (unpaired) electrons. The molecule has 2 aliphatic rings. The van der Waals surface area contributed by atoms with Crippen LogP contribution in [0, 0.1) is 0 Å². The van der Waals surface area contributed by atoms with Gasteiger partial charge in [0.25, 0.3) is 11.7 Å². The minimum atomic E-state index is -0.526. The van der Waals surface area contributed by atoms with Crippen LogP contribution in [0.3, 0.4) is 0 Å². The highest BCUT2D eigenvalue weighted by Crippen LogP contribution is 2.24. The van der Waals surface area contributed by atoms with Crippen LogP contribution in [0.25, 0.3) is 10.9 Å². The zero-order valence-electron chi connectivity index (χ0n) is 19.7. The molecule has 0 unspecified atom stereocenters. The maximum absolute atomic E-state index is 13.3. The fourth-order valence-corrected chi connectivity index (χ4v) is 5.23. The number of hydrogen-bond acceptors (Lipinski definition) is 4. The van der Waals surface area contributed by atoms with Crippen molar-refractivity contribution in [2.75, 3.05) is 44.2 Å². The molecule has 3 heterocycles. The predicted molar refractivity (Wildman–Crippen MR) is 137 cm³/mol. The maximum Gasteiger partial charge on any atom is 0.295 e. The van der Waals surface area contributed by atoms with E-state index in [1.54, 1.807) is 11.1 Å². The smallest absolute Gasteiger partial charge is 0.295 e. The number of carbonyl (C=O) groups excluding carboxylic acids is 3. The predicted octanol–water partition coefficient (Wildman–Crippen LogP) is 3.84. The number of halogens is 1. The molecule has 3 aromatic rings. The van der Waals surface area contributed by atoms with Gasteiger partial charge in [-0.05, 0) is 43.5 Å². The van der Waals surface area contributed by atoms with Gasteiger partial charge < -0.3 is 19.3 Å². The lowest BCUT2D eigenvalue weighted by atomic mass is 10.1. The van der Waals surface area contributed by atoms with Crippen molar-refractivity contribution >= 4 is 45.8 Å². The quantitative estimate of drug-likeness (QED) is 0.401. The molecule has 0 spiro atoms. The molecule has 5 rings (SSSR count). The van der Waals surface area contributed by atoms with E-state index in [1.807, 2.05) is 58.0 Å². The van der Waals surface area contributed by atoms with Gasteiger partial charge in [0.05, 0.1) is 5.56 Å². The van der Waals surface area contributed by atoms with Gasteiger partial charge in [0.15, 0.2) is 0 Å². The second kappa shape index (κ2) is 10.1. The van der Waals surface area contributed by atoms with Crippen LogP contribution in [0.2, 0.25) is 5.02 Å². The van der Waals surface area contributed by atoms with E-state index in [-0.39, 0.29) is 12.5 Å². The normalized spacial score (nSPS) is 16.5. The van der Waals surface area contributed by atoms with Crippen LogP contribution in [0.15, 0.2) is 54.7 Å². The van der Waals surface area contributed by atoms with Crippen LogP contribution in [0.1, 0.15) is 29.6 Å². The highest BCUT2D eigenvalue weighted by Gasteiger charge is 2.29. The number of piperidine rings is 1. The molecule has 35 heavy (non-hydrogen) atoms. The topological polar surface area (TPSA) is 65.9 Å². The van der Waals surface area contributed by atoms with E-state index in [2.05, 4.69) is 4.90 Å². The highest BCUT2D eigenvalue weighted by atomic mass is 35.5. The largest absolute Gasteiger partial charge is 0.368 e.